The zero-order valence-electron chi connectivity index (χ0n) is 17.1. The first-order chi connectivity index (χ1) is 12.6. The monoisotopic (exact) mass is 380 g/mol. The fraction of sp³-hybridized carbons (Fsp3) is 0.905. The van der Waals surface area contributed by atoms with Crippen LogP contribution in [-0.2, 0) is 28.5 Å². The minimum absolute atomic E-state index is 0.0594. The fourth-order valence-electron chi connectivity index (χ4n) is 7.12. The van der Waals surface area contributed by atoms with Gasteiger partial charge in [-0.2, -0.15) is 0 Å². The highest BCUT2D eigenvalue weighted by Crippen LogP contribution is 2.67. The summed E-state index contributed by atoms with van der Waals surface area (Å²) in [4.78, 5) is 24.1. The van der Waals surface area contributed by atoms with Crippen molar-refractivity contribution in [2.24, 2.45) is 22.7 Å². The Balaban J connectivity index is 1.75. The van der Waals surface area contributed by atoms with E-state index < -0.39 is 11.9 Å². The molecule has 2 bridgehead atoms. The lowest BCUT2D eigenvalue weighted by molar-refractivity contribution is -0.318. The van der Waals surface area contributed by atoms with Crippen molar-refractivity contribution in [1.29, 1.82) is 0 Å². The van der Waals surface area contributed by atoms with Crippen molar-refractivity contribution in [3.05, 3.63) is 0 Å². The summed E-state index contributed by atoms with van der Waals surface area (Å²) in [5.41, 5.74) is 0.0159. The van der Waals surface area contributed by atoms with Crippen LogP contribution in [-0.4, -0.2) is 43.1 Å². The van der Waals surface area contributed by atoms with E-state index in [2.05, 4.69) is 20.8 Å². The minimum Gasteiger partial charge on any atom is -0.467 e. The summed E-state index contributed by atoms with van der Waals surface area (Å²) < 4.78 is 23.5. The molecule has 0 aromatic carbocycles. The van der Waals surface area contributed by atoms with Gasteiger partial charge in [0.15, 0.2) is 11.9 Å². The van der Waals surface area contributed by atoms with Crippen LogP contribution in [0.5, 0.6) is 0 Å². The van der Waals surface area contributed by atoms with Crippen LogP contribution in [0.1, 0.15) is 66.2 Å². The molecule has 7 atom stereocenters. The molecule has 2 aliphatic heterocycles. The number of methoxy groups -OCH3 is 1. The molecule has 2 saturated carbocycles. The third-order valence-corrected chi connectivity index (χ3v) is 7.78. The lowest BCUT2D eigenvalue weighted by Crippen LogP contribution is -2.65. The van der Waals surface area contributed by atoms with Crippen LogP contribution in [0, 0.1) is 22.7 Å². The van der Waals surface area contributed by atoms with Gasteiger partial charge in [-0.1, -0.05) is 27.2 Å². The van der Waals surface area contributed by atoms with Crippen LogP contribution in [0.4, 0.5) is 0 Å². The molecule has 152 valence electrons. The number of hydrogen-bond donors (Lipinski definition) is 0. The normalized spacial score (nSPS) is 47.5. The molecule has 0 amide bonds. The Hall–Kier alpha value is -1.14. The third-order valence-electron chi connectivity index (χ3n) is 7.78. The molecule has 0 aromatic rings. The van der Waals surface area contributed by atoms with Gasteiger partial charge in [-0.05, 0) is 36.5 Å². The van der Waals surface area contributed by atoms with Crippen molar-refractivity contribution in [1.82, 2.24) is 0 Å². The Morgan fingerprint density at radius 2 is 1.81 bits per heavy atom. The van der Waals surface area contributed by atoms with Gasteiger partial charge in [0.25, 0.3) is 0 Å². The molecule has 4 rings (SSSR count). The van der Waals surface area contributed by atoms with Gasteiger partial charge in [0, 0.05) is 25.2 Å². The number of hydrogen-bond acceptors (Lipinski definition) is 6. The van der Waals surface area contributed by atoms with Crippen molar-refractivity contribution < 1.29 is 28.5 Å². The summed E-state index contributed by atoms with van der Waals surface area (Å²) >= 11 is 0. The van der Waals surface area contributed by atoms with Gasteiger partial charge in [0.1, 0.15) is 6.10 Å². The maximum atomic E-state index is 12.2. The lowest BCUT2D eigenvalue weighted by atomic mass is 9.45. The van der Waals surface area contributed by atoms with Crippen LogP contribution < -0.4 is 0 Å². The molecule has 2 saturated heterocycles. The van der Waals surface area contributed by atoms with E-state index >= 15 is 0 Å². The molecule has 1 spiro atoms. The summed E-state index contributed by atoms with van der Waals surface area (Å²) in [5.74, 6) is -1.07. The Morgan fingerprint density at radius 3 is 2.48 bits per heavy atom. The minimum atomic E-state index is -0.861. The van der Waals surface area contributed by atoms with Crippen LogP contribution >= 0.6 is 0 Å². The van der Waals surface area contributed by atoms with Gasteiger partial charge in [-0.3, -0.25) is 4.79 Å². The standard InChI is InChI=1S/C21H32O6/c1-12(22)25-14-11-21-15(20(4)10-6-9-19(2,3)17(14)20)8-7-13(26-21)16(27-21)18(23)24-5/h13-17H,6-11H2,1-5H3/t13-,14+,15?,16?,17?,20-,21-/m1/s1. The van der Waals surface area contributed by atoms with E-state index in [1.54, 1.807) is 0 Å². The Kier molecular flexibility index (Phi) is 4.39. The highest BCUT2D eigenvalue weighted by molar-refractivity contribution is 5.75. The molecule has 3 unspecified atom stereocenters. The van der Waals surface area contributed by atoms with Crippen molar-refractivity contribution in [3.8, 4) is 0 Å². The van der Waals surface area contributed by atoms with Gasteiger partial charge < -0.3 is 18.9 Å². The molecule has 0 N–H and O–H groups in total. The molecule has 0 radical (unpaired) electrons. The summed E-state index contributed by atoms with van der Waals surface area (Å²) in [7, 11) is 1.38. The van der Waals surface area contributed by atoms with Crippen molar-refractivity contribution in [2.45, 2.75) is 90.3 Å². The lowest BCUT2D eigenvalue weighted by Gasteiger charge is -2.64. The Bertz CT molecular complexity index is 645. The molecular formula is C21H32O6. The topological polar surface area (TPSA) is 71.1 Å². The number of rotatable bonds is 2. The number of carbonyl (C=O) groups is 2. The number of carbonyl (C=O) groups excluding carboxylic acids is 2. The first-order valence-corrected chi connectivity index (χ1v) is 10.2. The molecule has 27 heavy (non-hydrogen) atoms. The molecule has 4 fully saturated rings. The summed E-state index contributed by atoms with van der Waals surface area (Å²) in [6.45, 7) is 8.37. The second-order valence-electron chi connectivity index (χ2n) is 9.84. The zero-order chi connectivity index (χ0) is 19.6. The fourth-order valence-corrected chi connectivity index (χ4v) is 7.12. The van der Waals surface area contributed by atoms with Crippen LogP contribution in [0.15, 0.2) is 0 Å². The van der Waals surface area contributed by atoms with Gasteiger partial charge in [-0.25, -0.2) is 4.79 Å². The van der Waals surface area contributed by atoms with E-state index in [9.17, 15) is 9.59 Å². The molecular weight excluding hydrogens is 348 g/mol. The van der Waals surface area contributed by atoms with E-state index in [0.29, 0.717) is 6.42 Å². The van der Waals surface area contributed by atoms with Crippen molar-refractivity contribution in [3.63, 3.8) is 0 Å². The van der Waals surface area contributed by atoms with Crippen LogP contribution in [0.3, 0.4) is 0 Å². The first kappa shape index (κ1) is 19.2. The molecule has 2 heterocycles. The zero-order valence-corrected chi connectivity index (χ0v) is 17.1. The third kappa shape index (κ3) is 2.74. The highest BCUT2D eigenvalue weighted by Gasteiger charge is 2.70. The molecule has 2 aliphatic carbocycles. The van der Waals surface area contributed by atoms with Gasteiger partial charge in [0.2, 0.25) is 0 Å². The summed E-state index contributed by atoms with van der Waals surface area (Å²) in [5, 5.41) is 0. The maximum Gasteiger partial charge on any atom is 0.337 e. The average Bonchev–Trinajstić information content (AvgIpc) is 2.83. The van der Waals surface area contributed by atoms with Crippen molar-refractivity contribution >= 4 is 11.9 Å². The largest absolute Gasteiger partial charge is 0.467 e. The van der Waals surface area contributed by atoms with E-state index in [0.717, 1.165) is 32.1 Å². The second-order valence-corrected chi connectivity index (χ2v) is 9.84. The predicted molar refractivity (Wildman–Crippen MR) is 96.6 cm³/mol. The number of fused-ring (bicyclic) bond motifs is 3. The second kappa shape index (κ2) is 6.18. The van der Waals surface area contributed by atoms with E-state index in [4.69, 9.17) is 18.9 Å². The summed E-state index contributed by atoms with van der Waals surface area (Å²) in [6.07, 6.45) is 4.35. The molecule has 0 aromatic heterocycles. The van der Waals surface area contributed by atoms with Crippen molar-refractivity contribution in [2.75, 3.05) is 7.11 Å². The quantitative estimate of drug-likeness (QED) is 0.685. The highest BCUT2D eigenvalue weighted by atomic mass is 16.8. The molecule has 6 nitrogen and oxygen atoms in total. The first-order valence-electron chi connectivity index (χ1n) is 10.2. The van der Waals surface area contributed by atoms with E-state index in [-0.39, 0.29) is 46.8 Å². The van der Waals surface area contributed by atoms with Crippen LogP contribution in [0.25, 0.3) is 0 Å². The average molecular weight is 380 g/mol. The smallest absolute Gasteiger partial charge is 0.337 e. The maximum absolute atomic E-state index is 12.2. The Labute approximate surface area is 161 Å². The SMILES string of the molecule is COC(=O)C1O[C@]23C[C@H](OC(C)=O)C4C(C)(C)CCC[C@]4(C)C2CC[C@H]1O3. The van der Waals surface area contributed by atoms with E-state index in [1.807, 2.05) is 0 Å². The number of esters is 2. The molecule has 6 heteroatoms. The number of ether oxygens (including phenoxy) is 4. The van der Waals surface area contributed by atoms with Gasteiger partial charge >= 0.3 is 11.9 Å². The van der Waals surface area contributed by atoms with Gasteiger partial charge in [-0.15, -0.1) is 0 Å². The van der Waals surface area contributed by atoms with Gasteiger partial charge in [0.05, 0.1) is 13.2 Å². The van der Waals surface area contributed by atoms with E-state index in [1.165, 1.54) is 14.0 Å². The predicted octanol–water partition coefficient (Wildman–Crippen LogP) is 3.22. The van der Waals surface area contributed by atoms with Crippen LogP contribution in [0.2, 0.25) is 0 Å². The Morgan fingerprint density at radius 1 is 1.07 bits per heavy atom. The summed E-state index contributed by atoms with van der Waals surface area (Å²) in [6, 6.07) is 0. The molecule has 4 aliphatic rings.